The molecule has 13 nitrogen and oxygen atoms in total. The number of carbonyl (C=O) groups excluding carboxylic acids is 3. The molecule has 2 aliphatic heterocycles. The minimum atomic E-state index is -4.81. The fraction of sp³-hybridized carbons (Fsp3) is 0.615. The summed E-state index contributed by atoms with van der Waals surface area (Å²) in [6.07, 6.45) is -12.0. The van der Waals surface area contributed by atoms with E-state index in [0.717, 1.165) is 81.3 Å². The van der Waals surface area contributed by atoms with Crippen molar-refractivity contribution in [2.24, 2.45) is 0 Å². The molecule has 7 N–H and O–H groups in total. The SMILES string of the molecule is CCCCCCCCCCC(=O)N[C@@H]1[C@H](O[C@@H]2O[C@H](CO)[C@@H](O)[C@H](O)[C@H]2NC(=O)c2cccc(C(F)(F)F)c2)[C@@H](NC(=O)c2cccc(C(F)(F)F)c2)CO[C@@H]1CO. The lowest BCUT2D eigenvalue weighted by Crippen LogP contribution is -2.70. The van der Waals surface area contributed by atoms with Gasteiger partial charge in [0.2, 0.25) is 5.91 Å². The molecule has 19 heteroatoms. The Bertz CT molecular complexity index is 1650. The van der Waals surface area contributed by atoms with Crippen molar-refractivity contribution in [1.82, 2.24) is 16.0 Å². The lowest BCUT2D eigenvalue weighted by Gasteiger charge is -2.47. The van der Waals surface area contributed by atoms with Crippen LogP contribution in [0.15, 0.2) is 48.5 Å². The first-order chi connectivity index (χ1) is 27.5. The number of alkyl halides is 6. The molecule has 0 saturated carbocycles. The quantitative estimate of drug-likeness (QED) is 0.0857. The Labute approximate surface area is 331 Å². The summed E-state index contributed by atoms with van der Waals surface area (Å²) in [4.78, 5) is 40.1. The number of ether oxygens (including phenoxy) is 3. The van der Waals surface area contributed by atoms with Crippen LogP contribution >= 0.6 is 0 Å². The number of amides is 3. The lowest BCUT2D eigenvalue weighted by atomic mass is 9.93. The minimum absolute atomic E-state index is 0.0324. The van der Waals surface area contributed by atoms with Crippen LogP contribution in [-0.4, -0.2) is 113 Å². The molecule has 0 bridgehead atoms. The molecule has 3 amide bonds. The van der Waals surface area contributed by atoms with Crippen molar-refractivity contribution in [1.29, 1.82) is 0 Å². The van der Waals surface area contributed by atoms with Gasteiger partial charge in [-0.3, -0.25) is 14.4 Å². The number of rotatable bonds is 18. The molecule has 58 heavy (non-hydrogen) atoms. The lowest BCUT2D eigenvalue weighted by molar-refractivity contribution is -0.293. The highest BCUT2D eigenvalue weighted by Gasteiger charge is 2.50. The van der Waals surface area contributed by atoms with Crippen LogP contribution in [0.25, 0.3) is 0 Å². The van der Waals surface area contributed by atoms with E-state index in [4.69, 9.17) is 14.2 Å². The van der Waals surface area contributed by atoms with Gasteiger partial charge in [0.25, 0.3) is 11.8 Å². The number of nitrogens with one attached hydrogen (secondary N) is 3. The van der Waals surface area contributed by atoms with Crippen molar-refractivity contribution in [3.63, 3.8) is 0 Å². The van der Waals surface area contributed by atoms with E-state index in [1.807, 2.05) is 0 Å². The smallest absolute Gasteiger partial charge is 0.394 e. The molecule has 9 atom stereocenters. The molecule has 2 aliphatic rings. The Kier molecular flexibility index (Phi) is 17.3. The summed E-state index contributed by atoms with van der Waals surface area (Å²) in [5.74, 6) is -2.70. The maximum absolute atomic E-state index is 13.5. The Morgan fingerprint density at radius 1 is 0.724 bits per heavy atom. The molecule has 4 rings (SSSR count). The predicted molar refractivity (Wildman–Crippen MR) is 194 cm³/mol. The molecular formula is C39H51F6N3O10. The maximum atomic E-state index is 13.5. The molecular weight excluding hydrogens is 784 g/mol. The zero-order chi connectivity index (χ0) is 42.6. The first-order valence-electron chi connectivity index (χ1n) is 19.2. The number of hydrogen-bond donors (Lipinski definition) is 7. The normalized spacial score (nSPS) is 26.5. The van der Waals surface area contributed by atoms with Crippen LogP contribution in [0.4, 0.5) is 26.3 Å². The van der Waals surface area contributed by atoms with Gasteiger partial charge in [-0.05, 0) is 42.8 Å². The summed E-state index contributed by atoms with van der Waals surface area (Å²) >= 11 is 0. The Morgan fingerprint density at radius 2 is 1.26 bits per heavy atom. The van der Waals surface area contributed by atoms with Crippen molar-refractivity contribution >= 4 is 17.7 Å². The molecule has 2 fully saturated rings. The third kappa shape index (κ3) is 12.8. The van der Waals surface area contributed by atoms with Gasteiger partial charge in [0.05, 0.1) is 43.0 Å². The molecule has 2 aromatic rings. The van der Waals surface area contributed by atoms with Crippen molar-refractivity contribution in [3.8, 4) is 0 Å². The standard InChI is InChI=1S/C39H51F6N3O10/c1-2-3-4-5-6-7-8-9-16-29(51)47-30-27(19-49)56-21-26(46-35(54)22-12-10-14-24(17-22)38(40,41)42)34(30)58-37-31(33(53)32(52)28(20-50)57-37)48-36(55)23-13-11-15-25(18-23)39(43,44)45/h10-15,17-18,26-28,30-34,37,49-50,52-53H,2-9,16,19-21H2,1H3,(H,46,54)(H,47,51)(H,48,55)/t26-,27+,28+,30-,31+,32+,33+,34+,37-/m0/s1. The van der Waals surface area contributed by atoms with Gasteiger partial charge in [-0.1, -0.05) is 64.0 Å². The summed E-state index contributed by atoms with van der Waals surface area (Å²) in [6.45, 7) is 0.0577. The zero-order valence-electron chi connectivity index (χ0n) is 31.8. The molecule has 2 saturated heterocycles. The van der Waals surface area contributed by atoms with Gasteiger partial charge < -0.3 is 50.6 Å². The second kappa shape index (κ2) is 21.4. The number of benzene rings is 2. The van der Waals surface area contributed by atoms with Crippen LogP contribution in [0.2, 0.25) is 0 Å². The predicted octanol–water partition coefficient (Wildman–Crippen LogP) is 3.85. The Balaban J connectivity index is 1.64. The molecule has 2 heterocycles. The highest BCUT2D eigenvalue weighted by atomic mass is 19.4. The second-order valence-corrected chi connectivity index (χ2v) is 14.4. The van der Waals surface area contributed by atoms with Gasteiger partial charge in [0.1, 0.15) is 36.6 Å². The van der Waals surface area contributed by atoms with Crippen molar-refractivity contribution in [2.45, 2.75) is 132 Å². The summed E-state index contributed by atoms with van der Waals surface area (Å²) in [7, 11) is 0. The third-order valence-electron chi connectivity index (χ3n) is 10.1. The fourth-order valence-electron chi connectivity index (χ4n) is 6.88. The average molecular weight is 836 g/mol. The number of hydrogen-bond acceptors (Lipinski definition) is 10. The first kappa shape index (κ1) is 46.8. The fourth-order valence-corrected chi connectivity index (χ4v) is 6.88. The van der Waals surface area contributed by atoms with Crippen LogP contribution < -0.4 is 16.0 Å². The van der Waals surface area contributed by atoms with E-state index < -0.39 is 127 Å². The van der Waals surface area contributed by atoms with E-state index in [1.54, 1.807) is 0 Å². The Morgan fingerprint density at radius 3 is 1.79 bits per heavy atom. The van der Waals surface area contributed by atoms with E-state index in [-0.39, 0.29) is 6.42 Å². The van der Waals surface area contributed by atoms with Gasteiger partial charge in [-0.2, -0.15) is 26.3 Å². The third-order valence-corrected chi connectivity index (χ3v) is 10.1. The van der Waals surface area contributed by atoms with Crippen LogP contribution in [0.1, 0.15) is 96.6 Å². The summed E-state index contributed by atoms with van der Waals surface area (Å²) < 4.78 is 98.7. The van der Waals surface area contributed by atoms with Gasteiger partial charge in [0, 0.05) is 17.5 Å². The van der Waals surface area contributed by atoms with E-state index in [0.29, 0.717) is 18.6 Å². The van der Waals surface area contributed by atoms with Crippen molar-refractivity contribution in [3.05, 3.63) is 70.8 Å². The van der Waals surface area contributed by atoms with Crippen LogP contribution in [0.5, 0.6) is 0 Å². The average Bonchev–Trinajstić information content (AvgIpc) is 3.19. The van der Waals surface area contributed by atoms with E-state index in [9.17, 15) is 61.2 Å². The van der Waals surface area contributed by atoms with Crippen LogP contribution in [0, 0.1) is 0 Å². The van der Waals surface area contributed by atoms with Crippen molar-refractivity contribution < 1.29 is 75.4 Å². The van der Waals surface area contributed by atoms with Gasteiger partial charge in [-0.25, -0.2) is 0 Å². The topological polar surface area (TPSA) is 196 Å². The molecule has 0 spiro atoms. The number of halogens is 6. The highest BCUT2D eigenvalue weighted by molar-refractivity contribution is 5.95. The van der Waals surface area contributed by atoms with E-state index in [2.05, 4.69) is 22.9 Å². The largest absolute Gasteiger partial charge is 0.416 e. The molecule has 2 aromatic carbocycles. The van der Waals surface area contributed by atoms with Gasteiger partial charge in [0.15, 0.2) is 6.29 Å². The number of aliphatic hydroxyl groups excluding tert-OH is 4. The minimum Gasteiger partial charge on any atom is -0.394 e. The summed E-state index contributed by atoms with van der Waals surface area (Å²) in [6, 6.07) is 2.41. The van der Waals surface area contributed by atoms with Crippen LogP contribution in [0.3, 0.4) is 0 Å². The molecule has 324 valence electrons. The van der Waals surface area contributed by atoms with E-state index >= 15 is 0 Å². The Hall–Kier alpha value is -3.85. The summed E-state index contributed by atoms with van der Waals surface area (Å²) in [5, 5.41) is 49.8. The number of carbonyl (C=O) groups is 3. The molecule has 0 aromatic heterocycles. The highest BCUT2D eigenvalue weighted by Crippen LogP contribution is 2.32. The monoisotopic (exact) mass is 835 g/mol. The first-order valence-corrected chi connectivity index (χ1v) is 19.2. The van der Waals surface area contributed by atoms with E-state index in [1.165, 1.54) is 0 Å². The molecule has 0 aliphatic carbocycles. The number of unbranched alkanes of at least 4 members (excludes halogenated alkanes) is 7. The maximum Gasteiger partial charge on any atom is 0.416 e. The van der Waals surface area contributed by atoms with Crippen molar-refractivity contribution in [2.75, 3.05) is 19.8 Å². The second-order valence-electron chi connectivity index (χ2n) is 14.4. The number of aliphatic hydroxyl groups is 4. The molecule has 0 radical (unpaired) electrons. The van der Waals surface area contributed by atoms with Crippen LogP contribution in [-0.2, 0) is 31.4 Å². The molecule has 0 unspecified atom stereocenters. The zero-order valence-corrected chi connectivity index (χ0v) is 31.8. The van der Waals surface area contributed by atoms with Gasteiger partial charge >= 0.3 is 12.4 Å². The van der Waals surface area contributed by atoms with Gasteiger partial charge in [-0.15, -0.1) is 0 Å². The summed E-state index contributed by atoms with van der Waals surface area (Å²) in [5.41, 5.74) is -3.18.